The number of likely N-dealkylation sites (tertiary alicyclic amines) is 1. The van der Waals surface area contributed by atoms with Gasteiger partial charge in [0.15, 0.2) is 17.3 Å². The zero-order chi connectivity index (χ0) is 14.9. The van der Waals surface area contributed by atoms with Crippen molar-refractivity contribution < 1.29 is 9.32 Å². The molecule has 1 aliphatic rings. The predicted octanol–water partition coefficient (Wildman–Crippen LogP) is 2.40. The maximum absolute atomic E-state index is 6.08. The van der Waals surface area contributed by atoms with Crippen molar-refractivity contribution in [1.82, 2.24) is 9.55 Å². The number of aromatic nitrogens is 2. The Labute approximate surface area is 130 Å². The number of nitrogens with zero attached hydrogens (tertiary/aromatic N) is 2. The molecule has 1 N–H and O–H groups in total. The largest absolute Gasteiger partial charge is 0.452 e. The first-order chi connectivity index (χ1) is 10.8. The number of para-hydroxylation sites is 2. The first-order valence-electron chi connectivity index (χ1n) is 8.15. The van der Waals surface area contributed by atoms with Crippen LogP contribution in [-0.2, 0) is 13.6 Å². The van der Waals surface area contributed by atoms with E-state index in [1.807, 2.05) is 25.2 Å². The highest BCUT2D eigenvalue weighted by molar-refractivity contribution is 5.79. The average molecular weight is 296 g/mol. The van der Waals surface area contributed by atoms with E-state index in [0.29, 0.717) is 0 Å². The Morgan fingerprint density at radius 3 is 2.73 bits per heavy atom. The van der Waals surface area contributed by atoms with Crippen molar-refractivity contribution in [3.8, 4) is 11.6 Å². The highest BCUT2D eigenvalue weighted by Crippen LogP contribution is 2.25. The molecular formula is C18H22N3O+. The molecule has 2 aromatic heterocycles. The molecule has 3 aromatic rings. The Morgan fingerprint density at radius 1 is 1.09 bits per heavy atom. The monoisotopic (exact) mass is 296 g/mol. The van der Waals surface area contributed by atoms with E-state index in [9.17, 15) is 0 Å². The van der Waals surface area contributed by atoms with Gasteiger partial charge in [-0.25, -0.2) is 4.98 Å². The SMILES string of the molecule is Cn1c(-c2ccc(C[NH+]3CCCCC3)o2)nc2ccccc21. The van der Waals surface area contributed by atoms with Crippen LogP contribution < -0.4 is 4.90 Å². The van der Waals surface area contributed by atoms with E-state index in [-0.39, 0.29) is 0 Å². The van der Waals surface area contributed by atoms with E-state index in [2.05, 4.69) is 22.8 Å². The molecule has 0 atom stereocenters. The molecule has 1 fully saturated rings. The van der Waals surface area contributed by atoms with Crippen molar-refractivity contribution in [2.45, 2.75) is 25.8 Å². The molecule has 1 aromatic carbocycles. The second-order valence-corrected chi connectivity index (χ2v) is 6.24. The summed E-state index contributed by atoms with van der Waals surface area (Å²) in [5.41, 5.74) is 2.15. The third-order valence-corrected chi connectivity index (χ3v) is 4.65. The van der Waals surface area contributed by atoms with Crippen LogP contribution in [0.2, 0.25) is 0 Å². The van der Waals surface area contributed by atoms with Crippen molar-refractivity contribution in [2.24, 2.45) is 7.05 Å². The molecule has 3 heterocycles. The number of quaternary nitrogens is 1. The lowest BCUT2D eigenvalue weighted by Gasteiger charge is -2.22. The lowest BCUT2D eigenvalue weighted by Crippen LogP contribution is -3.11. The van der Waals surface area contributed by atoms with Crippen molar-refractivity contribution >= 4 is 11.0 Å². The number of rotatable bonds is 3. The molecule has 0 spiro atoms. The topological polar surface area (TPSA) is 35.4 Å². The fourth-order valence-electron chi connectivity index (χ4n) is 3.43. The van der Waals surface area contributed by atoms with Gasteiger partial charge < -0.3 is 13.9 Å². The fourth-order valence-corrected chi connectivity index (χ4v) is 3.43. The van der Waals surface area contributed by atoms with Crippen molar-refractivity contribution in [2.75, 3.05) is 13.1 Å². The number of nitrogens with one attached hydrogen (secondary N) is 1. The van der Waals surface area contributed by atoms with Gasteiger partial charge in [-0.15, -0.1) is 0 Å². The van der Waals surface area contributed by atoms with Gasteiger partial charge in [-0.1, -0.05) is 12.1 Å². The molecule has 4 nitrogen and oxygen atoms in total. The predicted molar refractivity (Wildman–Crippen MR) is 86.7 cm³/mol. The number of piperidine rings is 1. The molecule has 0 amide bonds. The van der Waals surface area contributed by atoms with Crippen LogP contribution >= 0.6 is 0 Å². The Morgan fingerprint density at radius 2 is 1.91 bits per heavy atom. The van der Waals surface area contributed by atoms with Crippen LogP contribution in [0.1, 0.15) is 25.0 Å². The van der Waals surface area contributed by atoms with Gasteiger partial charge in [0.1, 0.15) is 6.54 Å². The number of hydrogen-bond donors (Lipinski definition) is 1. The summed E-state index contributed by atoms with van der Waals surface area (Å²) in [7, 11) is 2.04. The van der Waals surface area contributed by atoms with Crippen molar-refractivity contribution in [3.63, 3.8) is 0 Å². The van der Waals surface area contributed by atoms with E-state index in [1.165, 1.54) is 32.4 Å². The van der Waals surface area contributed by atoms with Crippen LogP contribution in [0.3, 0.4) is 0 Å². The minimum absolute atomic E-state index is 0.866. The molecule has 0 unspecified atom stereocenters. The quantitative estimate of drug-likeness (QED) is 0.805. The number of aryl methyl sites for hydroxylation is 1. The Hall–Kier alpha value is -2.07. The van der Waals surface area contributed by atoms with Gasteiger partial charge in [0.05, 0.1) is 24.1 Å². The summed E-state index contributed by atoms with van der Waals surface area (Å²) >= 11 is 0. The molecule has 114 valence electrons. The summed E-state index contributed by atoms with van der Waals surface area (Å²) in [5, 5.41) is 0. The Balaban J connectivity index is 1.61. The van der Waals surface area contributed by atoms with Crippen LogP contribution in [-0.4, -0.2) is 22.6 Å². The van der Waals surface area contributed by atoms with Gasteiger partial charge >= 0.3 is 0 Å². The maximum atomic E-state index is 6.08. The van der Waals surface area contributed by atoms with Crippen LogP contribution in [0, 0.1) is 0 Å². The molecule has 4 rings (SSSR count). The van der Waals surface area contributed by atoms with Crippen LogP contribution in [0.5, 0.6) is 0 Å². The molecular weight excluding hydrogens is 274 g/mol. The number of furan rings is 1. The van der Waals surface area contributed by atoms with E-state index >= 15 is 0 Å². The van der Waals surface area contributed by atoms with E-state index in [0.717, 1.165) is 34.9 Å². The van der Waals surface area contributed by atoms with Gasteiger partial charge in [0, 0.05) is 7.05 Å². The number of benzene rings is 1. The fraction of sp³-hybridized carbons (Fsp3) is 0.389. The first kappa shape index (κ1) is 13.6. The van der Waals surface area contributed by atoms with Gasteiger partial charge in [-0.3, -0.25) is 0 Å². The third kappa shape index (κ3) is 2.44. The summed E-state index contributed by atoms with van der Waals surface area (Å²) in [6.07, 6.45) is 4.06. The maximum Gasteiger partial charge on any atom is 0.176 e. The lowest BCUT2D eigenvalue weighted by molar-refractivity contribution is -0.919. The second kappa shape index (κ2) is 5.61. The minimum atomic E-state index is 0.866. The van der Waals surface area contributed by atoms with Crippen molar-refractivity contribution in [3.05, 3.63) is 42.2 Å². The van der Waals surface area contributed by atoms with Gasteiger partial charge in [0.2, 0.25) is 0 Å². The highest BCUT2D eigenvalue weighted by Gasteiger charge is 2.18. The lowest BCUT2D eigenvalue weighted by atomic mass is 10.1. The molecule has 1 saturated heterocycles. The molecule has 1 aliphatic heterocycles. The molecule has 0 bridgehead atoms. The van der Waals surface area contributed by atoms with Crippen LogP contribution in [0.25, 0.3) is 22.6 Å². The van der Waals surface area contributed by atoms with E-state index in [4.69, 9.17) is 9.40 Å². The molecule has 0 saturated carbocycles. The summed E-state index contributed by atoms with van der Waals surface area (Å²) in [6, 6.07) is 12.4. The van der Waals surface area contributed by atoms with Crippen LogP contribution in [0.15, 0.2) is 40.8 Å². The van der Waals surface area contributed by atoms with E-state index < -0.39 is 0 Å². The minimum Gasteiger partial charge on any atom is -0.452 e. The van der Waals surface area contributed by atoms with Crippen LogP contribution in [0.4, 0.5) is 0 Å². The molecule has 0 aliphatic carbocycles. The Bertz CT molecular complexity index is 781. The smallest absolute Gasteiger partial charge is 0.176 e. The van der Waals surface area contributed by atoms with Gasteiger partial charge in [-0.05, 0) is 43.5 Å². The van der Waals surface area contributed by atoms with E-state index in [1.54, 1.807) is 4.90 Å². The summed E-state index contributed by atoms with van der Waals surface area (Å²) in [6.45, 7) is 3.52. The summed E-state index contributed by atoms with van der Waals surface area (Å²) in [5.74, 6) is 2.84. The summed E-state index contributed by atoms with van der Waals surface area (Å²) in [4.78, 5) is 6.34. The zero-order valence-corrected chi connectivity index (χ0v) is 13.0. The third-order valence-electron chi connectivity index (χ3n) is 4.65. The molecule has 4 heteroatoms. The first-order valence-corrected chi connectivity index (χ1v) is 8.15. The van der Waals surface area contributed by atoms with Crippen molar-refractivity contribution in [1.29, 1.82) is 0 Å². The highest BCUT2D eigenvalue weighted by atomic mass is 16.3. The average Bonchev–Trinajstić information content (AvgIpc) is 3.14. The standard InChI is InChI=1S/C18H21N3O/c1-20-16-8-4-3-7-15(16)19-18(20)17-10-9-14(22-17)13-21-11-5-2-6-12-21/h3-4,7-10H,2,5-6,11-13H2,1H3/p+1. The number of imidazole rings is 1. The van der Waals surface area contributed by atoms with Gasteiger partial charge in [0.25, 0.3) is 0 Å². The second-order valence-electron chi connectivity index (χ2n) is 6.24. The number of fused-ring (bicyclic) bond motifs is 1. The zero-order valence-electron chi connectivity index (χ0n) is 13.0. The molecule has 22 heavy (non-hydrogen) atoms. The molecule has 0 radical (unpaired) electrons. The number of hydrogen-bond acceptors (Lipinski definition) is 2. The van der Waals surface area contributed by atoms with Gasteiger partial charge in [-0.2, -0.15) is 0 Å². The Kier molecular flexibility index (Phi) is 3.47. The normalized spacial score (nSPS) is 16.4. The summed E-state index contributed by atoms with van der Waals surface area (Å²) < 4.78 is 8.18.